The minimum atomic E-state index is -0.890. The molecule has 1 aromatic heterocycles. The van der Waals surface area contributed by atoms with Gasteiger partial charge < -0.3 is 9.47 Å². The molecule has 0 spiro atoms. The number of benzene rings is 3. The molecule has 0 fully saturated rings. The number of hydrogen-bond acceptors (Lipinski definition) is 6. The molecule has 0 radical (unpaired) electrons. The molecule has 3 aromatic carbocycles. The van der Waals surface area contributed by atoms with Gasteiger partial charge >= 0.3 is 5.97 Å². The topological polar surface area (TPSA) is 69.9 Å². The molecule has 0 bridgehead atoms. The van der Waals surface area contributed by atoms with Gasteiger partial charge in [0.2, 0.25) is 0 Å². The molecule has 0 saturated carbocycles. The van der Waals surface area contributed by atoms with Crippen molar-refractivity contribution in [2.24, 2.45) is 4.99 Å². The highest BCUT2D eigenvalue weighted by molar-refractivity contribution is 7.07. The fraction of sp³-hybridized carbons (Fsp3) is 0.194. The van der Waals surface area contributed by atoms with E-state index in [1.165, 1.54) is 28.0 Å². The van der Waals surface area contributed by atoms with Crippen LogP contribution in [-0.2, 0) is 9.53 Å². The number of rotatable bonds is 7. The fourth-order valence-electron chi connectivity index (χ4n) is 4.54. The van der Waals surface area contributed by atoms with E-state index in [0.717, 1.165) is 0 Å². The zero-order valence-corrected chi connectivity index (χ0v) is 23.6. The van der Waals surface area contributed by atoms with Crippen molar-refractivity contribution in [1.82, 2.24) is 4.57 Å². The van der Waals surface area contributed by atoms with E-state index in [1.807, 2.05) is 44.2 Å². The summed E-state index contributed by atoms with van der Waals surface area (Å²) >= 11 is 7.47. The molecule has 204 valence electrons. The fourth-order valence-corrected chi connectivity index (χ4v) is 5.71. The van der Waals surface area contributed by atoms with E-state index >= 15 is 0 Å². The molecular weight excluding hydrogens is 551 g/mol. The van der Waals surface area contributed by atoms with Crippen LogP contribution in [0, 0.1) is 5.82 Å². The molecule has 0 saturated heterocycles. The van der Waals surface area contributed by atoms with E-state index in [2.05, 4.69) is 0 Å². The first-order valence-corrected chi connectivity index (χ1v) is 14.0. The quantitative estimate of drug-likeness (QED) is 0.272. The molecule has 6 nitrogen and oxygen atoms in total. The summed E-state index contributed by atoms with van der Waals surface area (Å²) in [5.74, 6) is -0.451. The predicted octanol–water partition coefficient (Wildman–Crippen LogP) is 5.52. The summed E-state index contributed by atoms with van der Waals surface area (Å²) in [4.78, 5) is 32.7. The van der Waals surface area contributed by atoms with Crippen LogP contribution in [0.2, 0.25) is 5.02 Å². The lowest BCUT2D eigenvalue weighted by Crippen LogP contribution is -2.40. The van der Waals surface area contributed by atoms with Crippen LogP contribution in [0.4, 0.5) is 4.39 Å². The van der Waals surface area contributed by atoms with Crippen molar-refractivity contribution < 1.29 is 18.7 Å². The second-order valence-corrected chi connectivity index (χ2v) is 10.8. The number of esters is 1. The Morgan fingerprint density at radius 3 is 2.52 bits per heavy atom. The maximum Gasteiger partial charge on any atom is 0.338 e. The van der Waals surface area contributed by atoms with E-state index in [4.69, 9.17) is 26.1 Å². The van der Waals surface area contributed by atoms with Crippen molar-refractivity contribution in [2.45, 2.75) is 32.9 Å². The van der Waals surface area contributed by atoms with Crippen LogP contribution in [0.15, 0.2) is 88.2 Å². The van der Waals surface area contributed by atoms with Crippen LogP contribution in [0.5, 0.6) is 5.75 Å². The highest BCUT2D eigenvalue weighted by atomic mass is 35.5. The number of hydrogen-bond donors (Lipinski definition) is 0. The van der Waals surface area contributed by atoms with Crippen molar-refractivity contribution in [3.63, 3.8) is 0 Å². The zero-order chi connectivity index (χ0) is 28.4. The van der Waals surface area contributed by atoms with Gasteiger partial charge in [0, 0.05) is 16.1 Å². The Hall–Kier alpha value is -4.01. The molecule has 0 unspecified atom stereocenters. The van der Waals surface area contributed by atoms with Crippen LogP contribution in [0.25, 0.3) is 11.8 Å². The Morgan fingerprint density at radius 1 is 1.12 bits per heavy atom. The smallest absolute Gasteiger partial charge is 0.338 e. The van der Waals surface area contributed by atoms with Gasteiger partial charge in [0.05, 0.1) is 34.6 Å². The number of thiazole rings is 1. The lowest BCUT2D eigenvalue weighted by atomic mass is 9.93. The number of fused-ring (bicyclic) bond motifs is 1. The van der Waals surface area contributed by atoms with Crippen molar-refractivity contribution >= 4 is 40.7 Å². The SMILES string of the molecule is CCOC(=O)C1=C(c2ccccc2)N=c2s/c(=C\c3cc(Cl)ccc3OC(C)C)c(=O)n2[C@@H]1c1ccc(F)cc1. The predicted molar refractivity (Wildman–Crippen MR) is 155 cm³/mol. The van der Waals surface area contributed by atoms with Gasteiger partial charge in [-0.25, -0.2) is 14.2 Å². The third-order valence-electron chi connectivity index (χ3n) is 6.18. The van der Waals surface area contributed by atoms with Gasteiger partial charge in [0.25, 0.3) is 5.56 Å². The van der Waals surface area contributed by atoms with Crippen molar-refractivity contribution in [2.75, 3.05) is 6.61 Å². The van der Waals surface area contributed by atoms with Crippen LogP contribution in [-0.4, -0.2) is 23.2 Å². The molecule has 9 heteroatoms. The van der Waals surface area contributed by atoms with Gasteiger partial charge in [0.15, 0.2) is 4.80 Å². The van der Waals surface area contributed by atoms with Gasteiger partial charge in [-0.2, -0.15) is 0 Å². The van der Waals surface area contributed by atoms with E-state index in [-0.39, 0.29) is 23.8 Å². The highest BCUT2D eigenvalue weighted by Gasteiger charge is 2.35. The Bertz CT molecular complexity index is 1780. The number of aromatic nitrogens is 1. The molecule has 40 heavy (non-hydrogen) atoms. The van der Waals surface area contributed by atoms with Gasteiger partial charge in [-0.15, -0.1) is 0 Å². The van der Waals surface area contributed by atoms with E-state index in [0.29, 0.717) is 42.5 Å². The van der Waals surface area contributed by atoms with Gasteiger partial charge in [-0.1, -0.05) is 65.4 Å². The minimum Gasteiger partial charge on any atom is -0.490 e. The van der Waals surface area contributed by atoms with Crippen LogP contribution in [0.1, 0.15) is 43.5 Å². The summed E-state index contributed by atoms with van der Waals surface area (Å²) in [7, 11) is 0. The standard InChI is InChI=1S/C31H26ClFN2O4S/c1-4-38-30(37)26-27(19-8-6-5-7-9-19)34-31-35(28(26)20-10-13-23(33)14-11-20)29(36)25(40-31)17-21-16-22(32)12-15-24(21)39-18(2)3/h5-18,28H,4H2,1-3H3/b25-17-/t28-/m1/s1. The van der Waals surface area contributed by atoms with Gasteiger partial charge in [0.1, 0.15) is 11.6 Å². The molecule has 4 aromatic rings. The maximum atomic E-state index is 14.0. The van der Waals surface area contributed by atoms with Crippen LogP contribution < -0.4 is 19.6 Å². The largest absolute Gasteiger partial charge is 0.490 e. The molecule has 1 atom stereocenters. The minimum absolute atomic E-state index is 0.0893. The number of ether oxygens (including phenoxy) is 2. The third kappa shape index (κ3) is 5.50. The lowest BCUT2D eigenvalue weighted by Gasteiger charge is -2.25. The molecule has 0 aliphatic carbocycles. The maximum absolute atomic E-state index is 14.0. The number of carbonyl (C=O) groups is 1. The Labute approximate surface area is 239 Å². The van der Waals surface area contributed by atoms with Gasteiger partial charge in [-0.05, 0) is 62.7 Å². The highest BCUT2D eigenvalue weighted by Crippen LogP contribution is 2.35. The summed E-state index contributed by atoms with van der Waals surface area (Å²) in [5, 5.41) is 0.496. The van der Waals surface area contributed by atoms with E-state index in [9.17, 15) is 14.0 Å². The lowest BCUT2D eigenvalue weighted by molar-refractivity contribution is -0.138. The summed E-state index contributed by atoms with van der Waals surface area (Å²) in [6.07, 6.45) is 1.62. The first-order chi connectivity index (χ1) is 19.3. The second-order valence-electron chi connectivity index (χ2n) is 9.33. The average Bonchev–Trinajstić information content (AvgIpc) is 3.24. The summed E-state index contributed by atoms with van der Waals surface area (Å²) in [6, 6.07) is 19.3. The van der Waals surface area contributed by atoms with Crippen LogP contribution in [0.3, 0.4) is 0 Å². The number of halogens is 2. The first-order valence-electron chi connectivity index (χ1n) is 12.8. The Morgan fingerprint density at radius 2 is 1.85 bits per heavy atom. The molecule has 1 aliphatic rings. The zero-order valence-electron chi connectivity index (χ0n) is 22.1. The molecule has 0 N–H and O–H groups in total. The number of carbonyl (C=O) groups excluding carboxylic acids is 1. The molecule has 0 amide bonds. The van der Waals surface area contributed by atoms with Crippen molar-refractivity contribution in [3.8, 4) is 5.75 Å². The summed E-state index contributed by atoms with van der Waals surface area (Å²) in [6.45, 7) is 5.68. The second kappa shape index (κ2) is 11.6. The monoisotopic (exact) mass is 576 g/mol. The molecule has 1 aliphatic heterocycles. The molecule has 2 heterocycles. The molecule has 5 rings (SSSR count). The van der Waals surface area contributed by atoms with Crippen LogP contribution >= 0.6 is 22.9 Å². The Balaban J connectivity index is 1.81. The normalized spacial score (nSPS) is 15.2. The van der Waals surface area contributed by atoms with Crippen molar-refractivity contribution in [1.29, 1.82) is 0 Å². The Kier molecular flexibility index (Phi) is 8.00. The van der Waals surface area contributed by atoms with Gasteiger partial charge in [-0.3, -0.25) is 9.36 Å². The van der Waals surface area contributed by atoms with E-state index in [1.54, 1.807) is 43.3 Å². The molecular formula is C31H26ClFN2O4S. The number of nitrogens with zero attached hydrogens (tertiary/aromatic N) is 2. The third-order valence-corrected chi connectivity index (χ3v) is 7.40. The first kappa shape index (κ1) is 27.6. The summed E-state index contributed by atoms with van der Waals surface area (Å²) in [5.41, 5.74) is 2.11. The summed E-state index contributed by atoms with van der Waals surface area (Å²) < 4.78 is 27.2. The average molecular weight is 577 g/mol. The van der Waals surface area contributed by atoms with Crippen molar-refractivity contribution in [3.05, 3.63) is 126 Å². The van der Waals surface area contributed by atoms with E-state index < -0.39 is 17.8 Å².